The Morgan fingerprint density at radius 3 is 2.12 bits per heavy atom. The average molecular weight is 513 g/mol. The average Bonchev–Trinajstić information content (AvgIpc) is 3.51. The first-order valence-corrected chi connectivity index (χ1v) is 14.1. The molecule has 0 saturated carbocycles. The molecular weight excluding hydrogens is 484 g/mol. The Labute approximate surface area is 234 Å². The van der Waals surface area contributed by atoms with E-state index in [0.717, 1.165) is 25.7 Å². The first-order valence-electron chi connectivity index (χ1n) is 14.1. The van der Waals surface area contributed by atoms with Gasteiger partial charge in [-0.15, -0.1) is 0 Å². The van der Waals surface area contributed by atoms with Gasteiger partial charge in [0, 0.05) is 46.1 Å². The van der Waals surface area contributed by atoms with Crippen LogP contribution in [0, 0.1) is 11.8 Å². The third kappa shape index (κ3) is 3.59. The number of nitrogens with zero attached hydrogens (tertiary/aromatic N) is 2. The van der Waals surface area contributed by atoms with E-state index >= 15 is 0 Å². The van der Waals surface area contributed by atoms with E-state index < -0.39 is 0 Å². The molecule has 2 heterocycles. The molecule has 40 heavy (non-hydrogen) atoms. The summed E-state index contributed by atoms with van der Waals surface area (Å²) in [6.07, 6.45) is 12.9. The quantitative estimate of drug-likeness (QED) is 0.209. The maximum absolute atomic E-state index is 3.42. The number of allylic oxidation sites excluding steroid dienone is 5. The van der Waals surface area contributed by atoms with Crippen LogP contribution < -0.4 is 0 Å². The summed E-state index contributed by atoms with van der Waals surface area (Å²) in [7, 11) is 0. The molecule has 0 aliphatic heterocycles. The molecule has 8 rings (SSSR count). The lowest BCUT2D eigenvalue weighted by atomic mass is 9.99. The third-order valence-electron chi connectivity index (χ3n) is 8.31. The van der Waals surface area contributed by atoms with E-state index in [2.05, 4.69) is 142 Å². The van der Waals surface area contributed by atoms with Gasteiger partial charge in [0.05, 0.1) is 16.6 Å². The molecule has 6 aromatic rings. The Morgan fingerprint density at radius 2 is 1.35 bits per heavy atom. The summed E-state index contributed by atoms with van der Waals surface area (Å²) in [6, 6.07) is 35.2. The summed E-state index contributed by atoms with van der Waals surface area (Å²) in [5.74, 6) is 6.82. The van der Waals surface area contributed by atoms with Gasteiger partial charge in [-0.2, -0.15) is 0 Å². The van der Waals surface area contributed by atoms with Crippen LogP contribution in [-0.2, 0) is 6.42 Å². The molecule has 0 atom stereocenters. The molecule has 2 aromatic heterocycles. The summed E-state index contributed by atoms with van der Waals surface area (Å²) in [6.45, 7) is 0. The van der Waals surface area contributed by atoms with Gasteiger partial charge in [0.2, 0.25) is 0 Å². The molecule has 0 unspecified atom stereocenters. The highest BCUT2D eigenvalue weighted by atomic mass is 15.0. The highest BCUT2D eigenvalue weighted by Gasteiger charge is 2.19. The van der Waals surface area contributed by atoms with Crippen molar-refractivity contribution >= 4 is 50.1 Å². The van der Waals surface area contributed by atoms with Gasteiger partial charge in [0.25, 0.3) is 0 Å². The lowest BCUT2D eigenvalue weighted by molar-refractivity contribution is 0.974. The Bertz CT molecular complexity index is 2060. The molecule has 2 aliphatic carbocycles. The Balaban J connectivity index is 1.30. The molecule has 0 fully saturated rings. The highest BCUT2D eigenvalue weighted by molar-refractivity contribution is 6.09. The van der Waals surface area contributed by atoms with E-state index in [9.17, 15) is 0 Å². The normalized spacial score (nSPS) is 17.4. The van der Waals surface area contributed by atoms with Crippen molar-refractivity contribution in [2.75, 3.05) is 0 Å². The summed E-state index contributed by atoms with van der Waals surface area (Å²) in [5.41, 5.74) is 11.3. The second-order valence-corrected chi connectivity index (χ2v) is 10.6. The molecule has 0 saturated heterocycles. The zero-order valence-corrected chi connectivity index (χ0v) is 22.3. The van der Waals surface area contributed by atoms with Gasteiger partial charge in [0.15, 0.2) is 0 Å². The lowest BCUT2D eigenvalue weighted by Gasteiger charge is -2.16. The van der Waals surface area contributed by atoms with Crippen LogP contribution in [0.15, 0.2) is 115 Å². The molecule has 4 aromatic carbocycles. The minimum absolute atomic E-state index is 0.727. The fourth-order valence-electron chi connectivity index (χ4n) is 6.53. The van der Waals surface area contributed by atoms with E-state index in [1.165, 1.54) is 66.5 Å². The predicted molar refractivity (Wildman–Crippen MR) is 169 cm³/mol. The second kappa shape index (κ2) is 9.33. The maximum Gasteiger partial charge on any atom is 0.0541 e. The van der Waals surface area contributed by atoms with Gasteiger partial charge >= 0.3 is 0 Å². The number of hydrogen-bond acceptors (Lipinski definition) is 0. The van der Waals surface area contributed by atoms with Gasteiger partial charge in [-0.1, -0.05) is 84.6 Å². The molecule has 2 nitrogen and oxygen atoms in total. The molecule has 0 bridgehead atoms. The number of benzene rings is 4. The number of aryl methyl sites for hydroxylation is 1. The lowest BCUT2D eigenvalue weighted by Crippen LogP contribution is -2.02. The van der Waals surface area contributed by atoms with E-state index in [4.69, 9.17) is 0 Å². The van der Waals surface area contributed by atoms with Crippen molar-refractivity contribution in [2.24, 2.45) is 0 Å². The molecule has 2 heteroatoms. The topological polar surface area (TPSA) is 9.86 Å². The summed E-state index contributed by atoms with van der Waals surface area (Å²) >= 11 is 0. The van der Waals surface area contributed by atoms with Crippen LogP contribution >= 0.6 is 0 Å². The van der Waals surface area contributed by atoms with E-state index in [0.29, 0.717) is 0 Å². The predicted octanol–water partition coefficient (Wildman–Crippen LogP) is 9.42. The standard InChI is InChI=1S/C38H28N2/c1-2-13-27(25-29(15-3-1)39-35-21-8-4-17-31(35)32-18-5-9-22-36(32)39)28-14-12-16-30(26-28)40-37-23-10-6-19-33(37)34-20-7-11-24-38(34)40/h4,6-12,14-17,19-26H,3,5,13,18H2/b27-25+,29-15+. The zero-order valence-electron chi connectivity index (χ0n) is 22.3. The van der Waals surface area contributed by atoms with Crippen molar-refractivity contribution in [1.82, 2.24) is 9.13 Å². The molecule has 2 aliphatic rings. The second-order valence-electron chi connectivity index (χ2n) is 10.6. The van der Waals surface area contributed by atoms with Crippen molar-refractivity contribution in [1.29, 1.82) is 0 Å². The van der Waals surface area contributed by atoms with Crippen LogP contribution in [0.2, 0.25) is 0 Å². The number of aromatic nitrogens is 2. The van der Waals surface area contributed by atoms with Gasteiger partial charge in [-0.05, 0) is 78.1 Å². The zero-order chi connectivity index (χ0) is 26.5. The van der Waals surface area contributed by atoms with Crippen LogP contribution in [0.3, 0.4) is 0 Å². The summed E-state index contributed by atoms with van der Waals surface area (Å²) in [5, 5.41) is 3.92. The van der Waals surface area contributed by atoms with Crippen LogP contribution in [-0.4, -0.2) is 9.13 Å². The molecule has 190 valence electrons. The van der Waals surface area contributed by atoms with Crippen molar-refractivity contribution < 1.29 is 0 Å². The van der Waals surface area contributed by atoms with Crippen molar-refractivity contribution in [3.8, 4) is 17.5 Å². The highest BCUT2D eigenvalue weighted by Crippen LogP contribution is 2.37. The van der Waals surface area contributed by atoms with Gasteiger partial charge < -0.3 is 9.13 Å². The minimum atomic E-state index is 0.727. The molecule has 0 spiro atoms. The fourth-order valence-corrected chi connectivity index (χ4v) is 6.53. The van der Waals surface area contributed by atoms with Crippen LogP contribution in [0.5, 0.6) is 0 Å². The number of para-hydroxylation sites is 3. The molecule has 0 N–H and O–H groups in total. The molecule has 0 radical (unpaired) electrons. The minimum Gasteiger partial charge on any atom is -0.310 e. The van der Waals surface area contributed by atoms with Gasteiger partial charge in [-0.3, -0.25) is 0 Å². The first kappa shape index (κ1) is 22.9. The monoisotopic (exact) mass is 512 g/mol. The van der Waals surface area contributed by atoms with Crippen molar-refractivity contribution in [2.45, 2.75) is 25.7 Å². The Kier molecular flexibility index (Phi) is 5.35. The smallest absolute Gasteiger partial charge is 0.0541 e. The Morgan fingerprint density at radius 1 is 0.650 bits per heavy atom. The fraction of sp³-hybridized carbons (Fsp3) is 0.105. The van der Waals surface area contributed by atoms with E-state index in [1.807, 2.05) is 0 Å². The first-order chi connectivity index (χ1) is 19.9. The third-order valence-corrected chi connectivity index (χ3v) is 8.31. The van der Waals surface area contributed by atoms with Crippen LogP contribution in [0.1, 0.15) is 36.1 Å². The van der Waals surface area contributed by atoms with Crippen LogP contribution in [0.25, 0.3) is 55.7 Å². The molecule has 0 amide bonds. The Hall–Kier alpha value is -5.00. The van der Waals surface area contributed by atoms with E-state index in [-0.39, 0.29) is 0 Å². The molecular formula is C38H28N2. The maximum atomic E-state index is 3.42. The van der Waals surface area contributed by atoms with Crippen molar-refractivity contribution in [3.63, 3.8) is 0 Å². The number of rotatable bonds is 3. The number of hydrogen-bond donors (Lipinski definition) is 0. The van der Waals surface area contributed by atoms with Gasteiger partial charge in [0.1, 0.15) is 0 Å². The summed E-state index contributed by atoms with van der Waals surface area (Å²) in [4.78, 5) is 0. The van der Waals surface area contributed by atoms with E-state index in [1.54, 1.807) is 0 Å². The van der Waals surface area contributed by atoms with Crippen LogP contribution in [0.4, 0.5) is 0 Å². The SMILES string of the molecule is C1#CC/C(c2cccc(-n3c4ccccc4c4ccccc43)c2)=C\C(n2c3c(c4ccccc42)CCC=C3)=C/C1. The van der Waals surface area contributed by atoms with Crippen molar-refractivity contribution in [3.05, 3.63) is 132 Å². The largest absolute Gasteiger partial charge is 0.310 e. The number of fused-ring (bicyclic) bond motifs is 6. The summed E-state index contributed by atoms with van der Waals surface area (Å²) < 4.78 is 4.84. The van der Waals surface area contributed by atoms with Gasteiger partial charge in [-0.25, -0.2) is 0 Å².